The Labute approximate surface area is 108 Å². The largest absolute Gasteiger partial charge is 0.480 e. The maximum Gasteiger partial charge on any atom is 0.329 e. The first-order valence-electron chi connectivity index (χ1n) is 5.73. The Morgan fingerprint density at radius 2 is 2.21 bits per heavy atom. The number of rotatable bonds is 5. The van der Waals surface area contributed by atoms with Gasteiger partial charge in [-0.3, -0.25) is 14.9 Å². The Balaban J connectivity index is 2.15. The van der Waals surface area contributed by atoms with Crippen molar-refractivity contribution in [2.24, 2.45) is 5.92 Å². The lowest BCUT2D eigenvalue weighted by atomic mass is 9.96. The van der Waals surface area contributed by atoms with Crippen molar-refractivity contribution >= 4 is 17.6 Å². The zero-order valence-electron chi connectivity index (χ0n) is 10.2. The van der Waals surface area contributed by atoms with Crippen molar-refractivity contribution in [2.75, 3.05) is 0 Å². The quantitative estimate of drug-likeness (QED) is 0.540. The van der Waals surface area contributed by atoms with Crippen LogP contribution in [0, 0.1) is 16.0 Å². The molecule has 102 valence electrons. The molecule has 1 atom stereocenters. The maximum atomic E-state index is 11.9. The third-order valence-corrected chi connectivity index (χ3v) is 3.33. The molecule has 1 aliphatic carbocycles. The van der Waals surface area contributed by atoms with Crippen molar-refractivity contribution in [1.29, 1.82) is 0 Å². The van der Waals surface area contributed by atoms with Crippen molar-refractivity contribution < 1.29 is 19.6 Å². The number of nitro groups is 1. The lowest BCUT2D eigenvalue weighted by Gasteiger charge is -2.25. The van der Waals surface area contributed by atoms with Crippen LogP contribution in [0.1, 0.15) is 30.3 Å². The normalized spacial score (nSPS) is 17.5. The number of aromatic nitrogens is 1. The average Bonchev–Trinajstić information content (AvgIpc) is 3.06. The van der Waals surface area contributed by atoms with Crippen molar-refractivity contribution in [3.63, 3.8) is 0 Å². The van der Waals surface area contributed by atoms with E-state index in [0.717, 1.165) is 25.1 Å². The van der Waals surface area contributed by atoms with E-state index < -0.39 is 22.3 Å². The highest BCUT2D eigenvalue weighted by atomic mass is 16.6. The van der Waals surface area contributed by atoms with Gasteiger partial charge in [0.15, 0.2) is 0 Å². The second-order valence-electron chi connectivity index (χ2n) is 4.76. The van der Waals surface area contributed by atoms with Crippen LogP contribution in [-0.4, -0.2) is 32.4 Å². The van der Waals surface area contributed by atoms with Crippen molar-refractivity contribution in [1.82, 2.24) is 10.3 Å². The zero-order chi connectivity index (χ0) is 14.2. The number of H-pyrrole nitrogens is 1. The molecule has 1 unspecified atom stereocenters. The highest BCUT2D eigenvalue weighted by Crippen LogP contribution is 2.39. The molecule has 2 rings (SSSR count). The number of carbonyl (C=O) groups is 2. The standard InChI is InChI=1S/C11H13N3O5/c1-11(10(16)17,6-2-3-6)13-9(15)8-4-7(5-12-8)14(18)19/h4-6,12H,2-3H2,1H3,(H,13,15)(H,16,17). The summed E-state index contributed by atoms with van der Waals surface area (Å²) in [4.78, 5) is 35.5. The molecule has 0 aliphatic heterocycles. The van der Waals surface area contributed by atoms with E-state index in [2.05, 4.69) is 10.3 Å². The number of carboxylic acid groups (broad SMARTS) is 1. The van der Waals surface area contributed by atoms with Gasteiger partial charge in [0.25, 0.3) is 11.6 Å². The summed E-state index contributed by atoms with van der Waals surface area (Å²) < 4.78 is 0. The maximum absolute atomic E-state index is 11.9. The minimum Gasteiger partial charge on any atom is -0.480 e. The van der Waals surface area contributed by atoms with Gasteiger partial charge in [0.05, 0.1) is 11.1 Å². The highest BCUT2D eigenvalue weighted by molar-refractivity contribution is 5.97. The number of carboxylic acids is 1. The molecular weight excluding hydrogens is 254 g/mol. The SMILES string of the molecule is CC(NC(=O)c1cc([N+](=O)[O-])c[nH]1)(C(=O)O)C1CC1. The number of hydrogen-bond donors (Lipinski definition) is 3. The van der Waals surface area contributed by atoms with Gasteiger partial charge in [-0.05, 0) is 25.7 Å². The molecule has 1 aliphatic rings. The molecule has 0 radical (unpaired) electrons. The van der Waals surface area contributed by atoms with E-state index in [4.69, 9.17) is 0 Å². The van der Waals surface area contributed by atoms with Crippen molar-refractivity contribution in [3.8, 4) is 0 Å². The number of aliphatic carboxylic acids is 1. The van der Waals surface area contributed by atoms with Crippen LogP contribution in [-0.2, 0) is 4.79 Å². The topological polar surface area (TPSA) is 125 Å². The number of hydrogen-bond acceptors (Lipinski definition) is 4. The van der Waals surface area contributed by atoms with Gasteiger partial charge in [0.2, 0.25) is 0 Å². The Morgan fingerprint density at radius 3 is 2.63 bits per heavy atom. The summed E-state index contributed by atoms with van der Waals surface area (Å²) in [5, 5.41) is 22.1. The number of aromatic amines is 1. The summed E-state index contributed by atoms with van der Waals surface area (Å²) in [5.74, 6) is -1.87. The minimum atomic E-state index is -1.34. The third-order valence-electron chi connectivity index (χ3n) is 3.33. The second kappa shape index (κ2) is 4.38. The number of carbonyl (C=O) groups excluding carboxylic acids is 1. The van der Waals surface area contributed by atoms with Gasteiger partial charge >= 0.3 is 5.97 Å². The Kier molecular flexibility index (Phi) is 3.01. The van der Waals surface area contributed by atoms with E-state index in [1.165, 1.54) is 6.92 Å². The van der Waals surface area contributed by atoms with Gasteiger partial charge < -0.3 is 15.4 Å². The van der Waals surface area contributed by atoms with E-state index in [1.54, 1.807) is 0 Å². The minimum absolute atomic E-state index is 0.0279. The first-order chi connectivity index (χ1) is 8.84. The van der Waals surface area contributed by atoms with Crippen LogP contribution in [0.5, 0.6) is 0 Å². The molecule has 19 heavy (non-hydrogen) atoms. The van der Waals surface area contributed by atoms with Gasteiger partial charge in [0.1, 0.15) is 11.2 Å². The predicted molar refractivity (Wildman–Crippen MR) is 63.7 cm³/mol. The molecule has 0 aromatic carbocycles. The molecular formula is C11H13N3O5. The monoisotopic (exact) mass is 267 g/mol. The van der Waals surface area contributed by atoms with E-state index in [1.807, 2.05) is 0 Å². The van der Waals surface area contributed by atoms with Gasteiger partial charge in [-0.2, -0.15) is 0 Å². The van der Waals surface area contributed by atoms with Crippen LogP contribution in [0.3, 0.4) is 0 Å². The number of nitrogens with zero attached hydrogens (tertiary/aromatic N) is 1. The van der Waals surface area contributed by atoms with E-state index in [0.29, 0.717) is 0 Å². The predicted octanol–water partition coefficient (Wildman–Crippen LogP) is 0.906. The molecule has 1 aromatic heterocycles. The summed E-state index contributed by atoms with van der Waals surface area (Å²) >= 11 is 0. The molecule has 1 heterocycles. The first kappa shape index (κ1) is 13.1. The van der Waals surface area contributed by atoms with Crippen LogP contribution in [0.2, 0.25) is 0 Å². The molecule has 1 saturated carbocycles. The van der Waals surface area contributed by atoms with Crippen molar-refractivity contribution in [2.45, 2.75) is 25.3 Å². The van der Waals surface area contributed by atoms with Crippen LogP contribution in [0.4, 0.5) is 5.69 Å². The molecule has 0 saturated heterocycles. The van der Waals surface area contributed by atoms with Crippen LogP contribution >= 0.6 is 0 Å². The number of nitrogens with one attached hydrogen (secondary N) is 2. The fourth-order valence-corrected chi connectivity index (χ4v) is 1.91. The molecule has 8 nitrogen and oxygen atoms in total. The summed E-state index contributed by atoms with van der Waals surface area (Å²) in [6.07, 6.45) is 2.58. The molecule has 1 fully saturated rings. The van der Waals surface area contributed by atoms with Crippen LogP contribution < -0.4 is 5.32 Å². The van der Waals surface area contributed by atoms with E-state index in [9.17, 15) is 24.8 Å². The molecule has 0 spiro atoms. The van der Waals surface area contributed by atoms with E-state index >= 15 is 0 Å². The fraction of sp³-hybridized carbons (Fsp3) is 0.455. The molecule has 3 N–H and O–H groups in total. The zero-order valence-corrected chi connectivity index (χ0v) is 10.2. The summed E-state index contributed by atoms with van der Waals surface area (Å²) in [5.41, 5.74) is -1.61. The van der Waals surface area contributed by atoms with Crippen molar-refractivity contribution in [3.05, 3.63) is 28.1 Å². The van der Waals surface area contributed by atoms with Gasteiger partial charge in [-0.15, -0.1) is 0 Å². The van der Waals surface area contributed by atoms with Crippen LogP contribution in [0.25, 0.3) is 0 Å². The first-order valence-corrected chi connectivity index (χ1v) is 5.73. The lowest BCUT2D eigenvalue weighted by Crippen LogP contribution is -2.54. The van der Waals surface area contributed by atoms with Gasteiger partial charge in [-0.1, -0.05) is 0 Å². The van der Waals surface area contributed by atoms with E-state index in [-0.39, 0.29) is 17.3 Å². The fourth-order valence-electron chi connectivity index (χ4n) is 1.91. The summed E-state index contributed by atoms with van der Waals surface area (Å²) in [7, 11) is 0. The molecule has 1 aromatic rings. The average molecular weight is 267 g/mol. The summed E-state index contributed by atoms with van der Waals surface area (Å²) in [6, 6.07) is 1.07. The van der Waals surface area contributed by atoms with Crippen LogP contribution in [0.15, 0.2) is 12.3 Å². The molecule has 8 heteroatoms. The Morgan fingerprint density at radius 1 is 1.58 bits per heavy atom. The number of amides is 1. The third kappa shape index (κ3) is 2.42. The van der Waals surface area contributed by atoms with Gasteiger partial charge in [-0.25, -0.2) is 4.79 Å². The molecule has 0 bridgehead atoms. The molecule has 1 amide bonds. The lowest BCUT2D eigenvalue weighted by molar-refractivity contribution is -0.384. The Hall–Kier alpha value is -2.38. The van der Waals surface area contributed by atoms with Gasteiger partial charge in [0, 0.05) is 6.07 Å². The highest BCUT2D eigenvalue weighted by Gasteiger charge is 2.48. The summed E-state index contributed by atoms with van der Waals surface area (Å²) in [6.45, 7) is 1.45. The second-order valence-corrected chi connectivity index (χ2v) is 4.76. The smallest absolute Gasteiger partial charge is 0.329 e. The Bertz CT molecular complexity index is 548.